The van der Waals surface area contributed by atoms with E-state index in [1.165, 1.54) is 12.7 Å². The first kappa shape index (κ1) is 10.0. The molecule has 0 aromatic heterocycles. The molecule has 2 unspecified atom stereocenters. The van der Waals surface area contributed by atoms with E-state index in [4.69, 9.17) is 9.47 Å². The lowest BCUT2D eigenvalue weighted by Gasteiger charge is -2.02. The SMILES string of the molecule is COC(=O)C1CC1c1ccc(OC)cc1. The zero-order valence-corrected chi connectivity index (χ0v) is 8.90. The monoisotopic (exact) mass is 206 g/mol. The maximum atomic E-state index is 11.2. The predicted octanol–water partition coefficient (Wildman–Crippen LogP) is 1.97. The Labute approximate surface area is 89.0 Å². The molecule has 1 saturated carbocycles. The maximum absolute atomic E-state index is 11.2. The smallest absolute Gasteiger partial charge is 0.309 e. The van der Waals surface area contributed by atoms with E-state index >= 15 is 0 Å². The third-order valence-electron chi connectivity index (χ3n) is 2.84. The molecule has 0 aliphatic heterocycles. The van der Waals surface area contributed by atoms with Crippen LogP contribution in [0.2, 0.25) is 0 Å². The highest BCUT2D eigenvalue weighted by Gasteiger charge is 2.44. The normalized spacial score (nSPS) is 23.3. The fourth-order valence-corrected chi connectivity index (χ4v) is 1.83. The summed E-state index contributed by atoms with van der Waals surface area (Å²) in [6.45, 7) is 0. The van der Waals surface area contributed by atoms with Crippen LogP contribution in [0, 0.1) is 5.92 Å². The van der Waals surface area contributed by atoms with E-state index in [0.717, 1.165) is 12.2 Å². The van der Waals surface area contributed by atoms with Gasteiger partial charge in [0.1, 0.15) is 5.75 Å². The molecule has 1 aliphatic carbocycles. The first-order valence-electron chi connectivity index (χ1n) is 4.98. The van der Waals surface area contributed by atoms with Gasteiger partial charge in [-0.25, -0.2) is 0 Å². The summed E-state index contributed by atoms with van der Waals surface area (Å²) < 4.78 is 9.78. The number of hydrogen-bond donors (Lipinski definition) is 0. The molecule has 0 amide bonds. The summed E-state index contributed by atoms with van der Waals surface area (Å²) >= 11 is 0. The molecule has 1 fully saturated rings. The van der Waals surface area contributed by atoms with Crippen LogP contribution in [0.3, 0.4) is 0 Å². The molecule has 0 spiro atoms. The lowest BCUT2D eigenvalue weighted by Crippen LogP contribution is -2.03. The van der Waals surface area contributed by atoms with E-state index in [2.05, 4.69) is 0 Å². The molecule has 3 heteroatoms. The second kappa shape index (κ2) is 3.93. The van der Waals surface area contributed by atoms with Crippen molar-refractivity contribution in [2.75, 3.05) is 14.2 Å². The highest BCUT2D eigenvalue weighted by molar-refractivity contribution is 5.77. The number of ether oxygens (including phenoxy) is 2. The average molecular weight is 206 g/mol. The Kier molecular flexibility index (Phi) is 2.62. The van der Waals surface area contributed by atoms with Crippen LogP contribution < -0.4 is 4.74 Å². The molecule has 2 atom stereocenters. The van der Waals surface area contributed by atoms with Crippen LogP contribution in [0.5, 0.6) is 5.75 Å². The van der Waals surface area contributed by atoms with Gasteiger partial charge in [-0.3, -0.25) is 4.79 Å². The van der Waals surface area contributed by atoms with E-state index in [-0.39, 0.29) is 11.9 Å². The van der Waals surface area contributed by atoms with Crippen molar-refractivity contribution in [1.29, 1.82) is 0 Å². The quantitative estimate of drug-likeness (QED) is 0.709. The van der Waals surface area contributed by atoms with Crippen LogP contribution in [-0.2, 0) is 9.53 Å². The van der Waals surface area contributed by atoms with Crippen molar-refractivity contribution >= 4 is 5.97 Å². The number of methoxy groups -OCH3 is 2. The van der Waals surface area contributed by atoms with Crippen molar-refractivity contribution < 1.29 is 14.3 Å². The van der Waals surface area contributed by atoms with Gasteiger partial charge in [-0.05, 0) is 30.0 Å². The topological polar surface area (TPSA) is 35.5 Å². The number of carbonyl (C=O) groups is 1. The van der Waals surface area contributed by atoms with E-state index in [1.807, 2.05) is 24.3 Å². The molecule has 1 aliphatic rings. The van der Waals surface area contributed by atoms with Gasteiger partial charge in [0, 0.05) is 0 Å². The van der Waals surface area contributed by atoms with Crippen molar-refractivity contribution in [3.63, 3.8) is 0 Å². The van der Waals surface area contributed by atoms with Gasteiger partial charge in [0.15, 0.2) is 0 Å². The Bertz CT molecular complexity index is 356. The first-order chi connectivity index (χ1) is 7.26. The molecule has 0 radical (unpaired) electrons. The number of rotatable bonds is 3. The molecule has 1 aromatic rings. The lowest BCUT2D eigenvalue weighted by atomic mass is 10.1. The number of hydrogen-bond acceptors (Lipinski definition) is 3. The first-order valence-corrected chi connectivity index (χ1v) is 4.98. The summed E-state index contributed by atoms with van der Waals surface area (Å²) in [5, 5.41) is 0. The van der Waals surface area contributed by atoms with Crippen LogP contribution in [0.4, 0.5) is 0 Å². The molecule has 0 bridgehead atoms. The van der Waals surface area contributed by atoms with Gasteiger partial charge in [0.25, 0.3) is 0 Å². The summed E-state index contributed by atoms with van der Waals surface area (Å²) in [5.41, 5.74) is 1.19. The Morgan fingerprint density at radius 2 is 1.93 bits per heavy atom. The van der Waals surface area contributed by atoms with E-state index in [1.54, 1.807) is 7.11 Å². The third kappa shape index (κ3) is 1.96. The minimum absolute atomic E-state index is 0.0587. The molecule has 0 heterocycles. The Morgan fingerprint density at radius 1 is 1.27 bits per heavy atom. The molecular formula is C12H14O3. The van der Waals surface area contributed by atoms with Gasteiger partial charge < -0.3 is 9.47 Å². The van der Waals surface area contributed by atoms with Gasteiger partial charge >= 0.3 is 5.97 Å². The number of esters is 1. The molecule has 80 valence electrons. The minimum Gasteiger partial charge on any atom is -0.497 e. The molecule has 1 aromatic carbocycles. The number of benzene rings is 1. The van der Waals surface area contributed by atoms with Crippen LogP contribution in [0.1, 0.15) is 17.9 Å². The van der Waals surface area contributed by atoms with E-state index < -0.39 is 0 Å². The predicted molar refractivity (Wildman–Crippen MR) is 55.9 cm³/mol. The molecule has 0 N–H and O–H groups in total. The molecule has 2 rings (SSSR count). The summed E-state index contributed by atoms with van der Waals surface area (Å²) in [7, 11) is 3.08. The molecule has 0 saturated heterocycles. The molecule has 15 heavy (non-hydrogen) atoms. The van der Waals surface area contributed by atoms with Crippen LogP contribution in [-0.4, -0.2) is 20.2 Å². The van der Waals surface area contributed by atoms with Crippen LogP contribution in [0.25, 0.3) is 0 Å². The van der Waals surface area contributed by atoms with Gasteiger partial charge in [0.2, 0.25) is 0 Å². The van der Waals surface area contributed by atoms with Crippen LogP contribution in [0.15, 0.2) is 24.3 Å². The van der Waals surface area contributed by atoms with Gasteiger partial charge in [0.05, 0.1) is 20.1 Å². The average Bonchev–Trinajstić information content (AvgIpc) is 3.08. The Balaban J connectivity index is 2.04. The van der Waals surface area contributed by atoms with Crippen molar-refractivity contribution in [2.24, 2.45) is 5.92 Å². The van der Waals surface area contributed by atoms with Gasteiger partial charge in [-0.2, -0.15) is 0 Å². The summed E-state index contributed by atoms with van der Waals surface area (Å²) in [6.07, 6.45) is 0.902. The molecular weight excluding hydrogens is 192 g/mol. The highest BCUT2D eigenvalue weighted by Crippen LogP contribution is 2.48. The van der Waals surface area contributed by atoms with Crippen molar-refractivity contribution in [1.82, 2.24) is 0 Å². The van der Waals surface area contributed by atoms with Crippen molar-refractivity contribution in [3.8, 4) is 5.75 Å². The second-order valence-corrected chi connectivity index (χ2v) is 3.75. The Morgan fingerprint density at radius 3 is 2.47 bits per heavy atom. The summed E-state index contributed by atoms with van der Waals surface area (Å²) in [4.78, 5) is 11.2. The lowest BCUT2D eigenvalue weighted by molar-refractivity contribution is -0.142. The maximum Gasteiger partial charge on any atom is 0.309 e. The van der Waals surface area contributed by atoms with Gasteiger partial charge in [-0.15, -0.1) is 0 Å². The molecule has 3 nitrogen and oxygen atoms in total. The van der Waals surface area contributed by atoms with Crippen molar-refractivity contribution in [3.05, 3.63) is 29.8 Å². The third-order valence-corrected chi connectivity index (χ3v) is 2.84. The highest BCUT2D eigenvalue weighted by atomic mass is 16.5. The summed E-state index contributed by atoms with van der Waals surface area (Å²) in [6, 6.07) is 7.85. The van der Waals surface area contributed by atoms with E-state index in [9.17, 15) is 4.79 Å². The number of carbonyl (C=O) groups excluding carboxylic acids is 1. The zero-order valence-electron chi connectivity index (χ0n) is 8.90. The van der Waals surface area contributed by atoms with E-state index in [0.29, 0.717) is 5.92 Å². The largest absolute Gasteiger partial charge is 0.497 e. The zero-order chi connectivity index (χ0) is 10.8. The fourth-order valence-electron chi connectivity index (χ4n) is 1.83. The minimum atomic E-state index is -0.101. The Hall–Kier alpha value is -1.51. The second-order valence-electron chi connectivity index (χ2n) is 3.75. The van der Waals surface area contributed by atoms with Crippen molar-refractivity contribution in [2.45, 2.75) is 12.3 Å². The fraction of sp³-hybridized carbons (Fsp3) is 0.417. The van der Waals surface area contributed by atoms with Crippen LogP contribution >= 0.6 is 0 Å². The van der Waals surface area contributed by atoms with Gasteiger partial charge in [-0.1, -0.05) is 12.1 Å². The summed E-state index contributed by atoms with van der Waals surface area (Å²) in [5.74, 6) is 1.14. The standard InChI is InChI=1S/C12H14O3/c1-14-9-5-3-8(4-6-9)10-7-11(10)12(13)15-2/h3-6,10-11H,7H2,1-2H3.